The lowest BCUT2D eigenvalue weighted by atomic mass is 9.82. The van der Waals surface area contributed by atoms with Gasteiger partial charge in [-0.25, -0.2) is 0 Å². The standard InChI is InChI=1S/C42H35N/c1-41(2)34-21-12-11-19-32(34)40-37(41)23-14-24-38(40)43(29-17-9-6-10-18-29)30-25-26-35-33(27-30)39-31(28-15-7-5-8-16-28)20-13-22-36(39)42(35,3)4/h5-27H,1-4H3. The number of rotatable bonds is 4. The molecule has 0 bridgehead atoms. The Hall–Kier alpha value is -4.88. The lowest BCUT2D eigenvalue weighted by molar-refractivity contribution is 0.660. The van der Waals surface area contributed by atoms with Crippen molar-refractivity contribution in [2.75, 3.05) is 4.90 Å². The van der Waals surface area contributed by atoms with Crippen molar-refractivity contribution in [3.63, 3.8) is 0 Å². The molecule has 0 aromatic heterocycles. The highest BCUT2D eigenvalue weighted by Crippen LogP contribution is 2.56. The molecule has 0 atom stereocenters. The number of para-hydroxylation sites is 1. The Morgan fingerprint density at radius 3 is 1.70 bits per heavy atom. The molecule has 0 fully saturated rings. The largest absolute Gasteiger partial charge is 0.310 e. The van der Waals surface area contributed by atoms with Gasteiger partial charge in [-0.2, -0.15) is 0 Å². The summed E-state index contributed by atoms with van der Waals surface area (Å²) in [5, 5.41) is 0. The third-order valence-electron chi connectivity index (χ3n) is 9.87. The molecular weight excluding hydrogens is 518 g/mol. The second-order valence-electron chi connectivity index (χ2n) is 13.0. The van der Waals surface area contributed by atoms with E-state index < -0.39 is 0 Å². The molecule has 2 aliphatic rings. The maximum absolute atomic E-state index is 2.47. The highest BCUT2D eigenvalue weighted by atomic mass is 15.1. The van der Waals surface area contributed by atoms with Crippen molar-refractivity contribution < 1.29 is 0 Å². The fourth-order valence-electron chi connectivity index (χ4n) is 7.72. The molecule has 0 heterocycles. The van der Waals surface area contributed by atoms with Crippen LogP contribution in [0.2, 0.25) is 0 Å². The summed E-state index contributed by atoms with van der Waals surface area (Å²) in [4.78, 5) is 2.47. The van der Waals surface area contributed by atoms with Gasteiger partial charge in [-0.05, 0) is 80.4 Å². The number of hydrogen-bond donors (Lipinski definition) is 0. The van der Waals surface area contributed by atoms with Gasteiger partial charge in [0.1, 0.15) is 0 Å². The van der Waals surface area contributed by atoms with E-state index in [0.29, 0.717) is 0 Å². The molecule has 0 N–H and O–H groups in total. The molecule has 43 heavy (non-hydrogen) atoms. The molecule has 0 amide bonds. The zero-order chi connectivity index (χ0) is 29.3. The summed E-state index contributed by atoms with van der Waals surface area (Å²) < 4.78 is 0. The van der Waals surface area contributed by atoms with E-state index >= 15 is 0 Å². The van der Waals surface area contributed by atoms with E-state index in [9.17, 15) is 0 Å². The molecule has 1 nitrogen and oxygen atoms in total. The number of nitrogens with zero attached hydrogens (tertiary/aromatic N) is 1. The van der Waals surface area contributed by atoms with Crippen LogP contribution in [0.15, 0.2) is 140 Å². The SMILES string of the molecule is CC1(C)c2ccc(N(c3ccccc3)c3cccc4c3-c3ccccc3C4(C)C)cc2-c2c(-c3ccccc3)cccc21. The van der Waals surface area contributed by atoms with E-state index in [1.807, 2.05) is 0 Å². The smallest absolute Gasteiger partial charge is 0.0543 e. The van der Waals surface area contributed by atoms with E-state index in [1.54, 1.807) is 0 Å². The fourth-order valence-corrected chi connectivity index (χ4v) is 7.72. The van der Waals surface area contributed by atoms with Crippen molar-refractivity contribution in [2.24, 2.45) is 0 Å². The van der Waals surface area contributed by atoms with E-state index in [0.717, 1.165) is 5.69 Å². The molecule has 0 radical (unpaired) electrons. The van der Waals surface area contributed by atoms with Gasteiger partial charge in [0, 0.05) is 27.8 Å². The lowest BCUT2D eigenvalue weighted by Gasteiger charge is -2.29. The summed E-state index contributed by atoms with van der Waals surface area (Å²) in [5.41, 5.74) is 16.9. The first-order chi connectivity index (χ1) is 20.9. The average molecular weight is 554 g/mol. The summed E-state index contributed by atoms with van der Waals surface area (Å²) in [7, 11) is 0. The van der Waals surface area contributed by atoms with Gasteiger partial charge in [-0.15, -0.1) is 0 Å². The third-order valence-corrected chi connectivity index (χ3v) is 9.87. The highest BCUT2D eigenvalue weighted by Gasteiger charge is 2.39. The monoisotopic (exact) mass is 553 g/mol. The van der Waals surface area contributed by atoms with Crippen LogP contribution in [0.25, 0.3) is 33.4 Å². The summed E-state index contributed by atoms with van der Waals surface area (Å²) >= 11 is 0. The van der Waals surface area contributed by atoms with Crippen molar-refractivity contribution >= 4 is 17.1 Å². The van der Waals surface area contributed by atoms with Crippen molar-refractivity contribution in [1.82, 2.24) is 0 Å². The van der Waals surface area contributed by atoms with Gasteiger partial charge in [0.05, 0.1) is 5.69 Å². The highest BCUT2D eigenvalue weighted by molar-refractivity contribution is 5.98. The second-order valence-corrected chi connectivity index (χ2v) is 13.0. The predicted octanol–water partition coefficient (Wildman–Crippen LogP) is 11.4. The molecule has 0 saturated heterocycles. The van der Waals surface area contributed by atoms with Gasteiger partial charge >= 0.3 is 0 Å². The van der Waals surface area contributed by atoms with Gasteiger partial charge in [0.25, 0.3) is 0 Å². The molecule has 0 aliphatic heterocycles. The van der Waals surface area contributed by atoms with Gasteiger partial charge in [0.2, 0.25) is 0 Å². The minimum Gasteiger partial charge on any atom is -0.310 e. The van der Waals surface area contributed by atoms with Gasteiger partial charge in [-0.1, -0.05) is 137 Å². The van der Waals surface area contributed by atoms with Crippen molar-refractivity contribution in [3.05, 3.63) is 162 Å². The molecule has 1 heteroatoms. The lowest BCUT2D eigenvalue weighted by Crippen LogP contribution is -2.16. The van der Waals surface area contributed by atoms with Crippen LogP contribution in [0, 0.1) is 0 Å². The average Bonchev–Trinajstić information content (AvgIpc) is 3.42. The molecule has 0 unspecified atom stereocenters. The van der Waals surface area contributed by atoms with Crippen molar-refractivity contribution in [2.45, 2.75) is 38.5 Å². The zero-order valence-electron chi connectivity index (χ0n) is 25.2. The fraction of sp³-hybridized carbons (Fsp3) is 0.143. The number of fused-ring (bicyclic) bond motifs is 6. The maximum Gasteiger partial charge on any atom is 0.0543 e. The molecular formula is C42H35N. The van der Waals surface area contributed by atoms with Crippen LogP contribution in [-0.4, -0.2) is 0 Å². The maximum atomic E-state index is 2.47. The van der Waals surface area contributed by atoms with Crippen LogP contribution in [-0.2, 0) is 10.8 Å². The Balaban J connectivity index is 1.39. The Morgan fingerprint density at radius 2 is 0.953 bits per heavy atom. The first-order valence-electron chi connectivity index (χ1n) is 15.3. The zero-order valence-corrected chi connectivity index (χ0v) is 25.2. The number of anilines is 3. The first-order valence-corrected chi connectivity index (χ1v) is 15.3. The summed E-state index contributed by atoms with van der Waals surface area (Å²) in [5.74, 6) is 0. The first kappa shape index (κ1) is 25.8. The molecule has 8 rings (SSSR count). The predicted molar refractivity (Wildman–Crippen MR) is 182 cm³/mol. The quantitative estimate of drug-likeness (QED) is 0.210. The Labute approximate surface area is 255 Å². The minimum atomic E-state index is -0.0808. The summed E-state index contributed by atoms with van der Waals surface area (Å²) in [6, 6.07) is 51.4. The Morgan fingerprint density at radius 1 is 0.395 bits per heavy atom. The topological polar surface area (TPSA) is 3.24 Å². The number of benzene rings is 6. The van der Waals surface area contributed by atoms with E-state index in [4.69, 9.17) is 0 Å². The van der Waals surface area contributed by atoms with Crippen LogP contribution in [0.1, 0.15) is 49.9 Å². The van der Waals surface area contributed by atoms with Crippen LogP contribution in [0.5, 0.6) is 0 Å². The number of hydrogen-bond acceptors (Lipinski definition) is 1. The molecule has 2 aliphatic carbocycles. The molecule has 0 saturated carbocycles. The summed E-state index contributed by atoms with van der Waals surface area (Å²) in [6.07, 6.45) is 0. The normalized spacial score (nSPS) is 14.9. The second kappa shape index (κ2) is 9.31. The Kier molecular flexibility index (Phi) is 5.59. The van der Waals surface area contributed by atoms with Crippen LogP contribution in [0.3, 0.4) is 0 Å². The Bertz CT molecular complexity index is 2010. The van der Waals surface area contributed by atoms with Gasteiger partial charge in [0.15, 0.2) is 0 Å². The van der Waals surface area contributed by atoms with Crippen molar-refractivity contribution in [3.8, 4) is 33.4 Å². The van der Waals surface area contributed by atoms with Crippen molar-refractivity contribution in [1.29, 1.82) is 0 Å². The minimum absolute atomic E-state index is 0.0597. The van der Waals surface area contributed by atoms with Crippen LogP contribution < -0.4 is 4.90 Å². The molecule has 208 valence electrons. The molecule has 6 aromatic carbocycles. The van der Waals surface area contributed by atoms with Crippen LogP contribution in [0.4, 0.5) is 17.1 Å². The molecule has 0 spiro atoms. The van der Waals surface area contributed by atoms with E-state index in [1.165, 1.54) is 67.0 Å². The molecule has 6 aromatic rings. The van der Waals surface area contributed by atoms with Crippen LogP contribution >= 0.6 is 0 Å². The van der Waals surface area contributed by atoms with Gasteiger partial charge in [-0.3, -0.25) is 0 Å². The van der Waals surface area contributed by atoms with E-state index in [-0.39, 0.29) is 10.8 Å². The van der Waals surface area contributed by atoms with E-state index in [2.05, 4.69) is 172 Å². The third kappa shape index (κ3) is 3.71. The van der Waals surface area contributed by atoms with Gasteiger partial charge < -0.3 is 4.90 Å². The summed E-state index contributed by atoms with van der Waals surface area (Å²) in [6.45, 7) is 9.44.